The van der Waals surface area contributed by atoms with Gasteiger partial charge in [-0.15, -0.1) is 0 Å². The summed E-state index contributed by atoms with van der Waals surface area (Å²) in [4.78, 5) is 25.1. The van der Waals surface area contributed by atoms with Gasteiger partial charge in [0.2, 0.25) is 5.76 Å². The molecule has 2 heterocycles. The fraction of sp³-hybridized carbons (Fsp3) is 0.111. The second kappa shape index (κ2) is 4.71. The second-order valence-corrected chi connectivity index (χ2v) is 5.68. The van der Waals surface area contributed by atoms with Gasteiger partial charge in [-0.25, -0.2) is 0 Å². The zero-order chi connectivity index (χ0) is 16.1. The summed E-state index contributed by atoms with van der Waals surface area (Å²) in [5.74, 6) is -0.307. The lowest BCUT2D eigenvalue weighted by Gasteiger charge is -2.11. The van der Waals surface area contributed by atoms with Crippen LogP contribution in [0.2, 0.25) is 0 Å². The second-order valence-electron chi connectivity index (χ2n) is 5.68. The molecule has 0 spiro atoms. The largest absolute Gasteiger partial charge is 0.508 e. The highest BCUT2D eigenvalue weighted by Crippen LogP contribution is 2.32. The molecule has 114 valence electrons. The van der Waals surface area contributed by atoms with E-state index in [1.54, 1.807) is 24.3 Å². The minimum atomic E-state index is -0.620. The average Bonchev–Trinajstić information content (AvgIpc) is 2.86. The molecule has 0 aliphatic carbocycles. The molecule has 0 saturated heterocycles. The fourth-order valence-electron chi connectivity index (χ4n) is 2.98. The molecule has 1 amide bonds. The molecule has 4 rings (SSSR count). The molecule has 1 aliphatic rings. The van der Waals surface area contributed by atoms with Crippen LogP contribution < -0.4 is 10.7 Å². The summed E-state index contributed by atoms with van der Waals surface area (Å²) in [6.07, 6.45) is 0. The number of aryl methyl sites for hydroxylation is 1. The van der Waals surface area contributed by atoms with E-state index in [2.05, 4.69) is 5.32 Å². The number of fused-ring (bicyclic) bond motifs is 2. The Balaban J connectivity index is 2.01. The van der Waals surface area contributed by atoms with Crippen molar-refractivity contribution in [1.29, 1.82) is 0 Å². The van der Waals surface area contributed by atoms with Crippen LogP contribution in [-0.4, -0.2) is 11.0 Å². The zero-order valence-corrected chi connectivity index (χ0v) is 12.3. The summed E-state index contributed by atoms with van der Waals surface area (Å²) >= 11 is 0. The fourth-order valence-corrected chi connectivity index (χ4v) is 2.98. The minimum Gasteiger partial charge on any atom is -0.508 e. The molecule has 0 bridgehead atoms. The van der Waals surface area contributed by atoms with Gasteiger partial charge in [-0.05, 0) is 36.8 Å². The van der Waals surface area contributed by atoms with E-state index in [1.807, 2.05) is 13.0 Å². The predicted octanol–water partition coefficient (Wildman–Crippen LogP) is 2.64. The third kappa shape index (κ3) is 2.01. The van der Waals surface area contributed by atoms with Crippen LogP contribution in [0.15, 0.2) is 51.7 Å². The molecule has 1 aliphatic heterocycles. The number of phenols is 1. The Morgan fingerprint density at radius 1 is 1.13 bits per heavy atom. The maximum Gasteiger partial charge on any atom is 0.288 e. The first kappa shape index (κ1) is 13.6. The summed E-state index contributed by atoms with van der Waals surface area (Å²) in [7, 11) is 0. The summed E-state index contributed by atoms with van der Waals surface area (Å²) in [6, 6.07) is 11.1. The van der Waals surface area contributed by atoms with Gasteiger partial charge < -0.3 is 14.8 Å². The molecule has 1 atom stereocenters. The number of carbonyl (C=O) groups excluding carboxylic acids is 1. The van der Waals surface area contributed by atoms with Gasteiger partial charge in [0.15, 0.2) is 5.43 Å². The van der Waals surface area contributed by atoms with Gasteiger partial charge in [-0.3, -0.25) is 9.59 Å². The van der Waals surface area contributed by atoms with Gasteiger partial charge in [-0.1, -0.05) is 23.8 Å². The number of phenolic OH excluding ortho intramolecular Hbond substituents is 1. The Morgan fingerprint density at radius 3 is 2.74 bits per heavy atom. The lowest BCUT2D eigenvalue weighted by molar-refractivity contribution is 0.0938. The summed E-state index contributed by atoms with van der Waals surface area (Å²) in [6.45, 7) is 1.89. The summed E-state index contributed by atoms with van der Waals surface area (Å²) < 4.78 is 5.66. The molecular formula is C18H13NO4. The number of amides is 1. The SMILES string of the molecule is Cc1ccc2oc3c(c(=O)c2c1)C(c1cccc(O)c1)NC3=O. The zero-order valence-electron chi connectivity index (χ0n) is 12.3. The number of hydrogen-bond acceptors (Lipinski definition) is 4. The van der Waals surface area contributed by atoms with Crippen molar-refractivity contribution in [2.75, 3.05) is 0 Å². The molecule has 0 radical (unpaired) electrons. The lowest BCUT2D eigenvalue weighted by Crippen LogP contribution is -2.21. The molecule has 0 saturated carbocycles. The summed E-state index contributed by atoms with van der Waals surface area (Å²) in [5, 5.41) is 12.8. The van der Waals surface area contributed by atoms with Crippen molar-refractivity contribution in [3.8, 4) is 5.75 Å². The number of aromatic hydroxyl groups is 1. The van der Waals surface area contributed by atoms with E-state index in [-0.39, 0.29) is 16.9 Å². The number of nitrogens with one attached hydrogen (secondary N) is 1. The van der Waals surface area contributed by atoms with Crippen molar-refractivity contribution in [2.24, 2.45) is 0 Å². The lowest BCUT2D eigenvalue weighted by atomic mass is 9.99. The van der Waals surface area contributed by atoms with Gasteiger partial charge in [0.05, 0.1) is 17.0 Å². The third-order valence-electron chi connectivity index (χ3n) is 4.05. The highest BCUT2D eigenvalue weighted by atomic mass is 16.3. The molecule has 5 nitrogen and oxygen atoms in total. The number of hydrogen-bond donors (Lipinski definition) is 2. The van der Waals surface area contributed by atoms with E-state index in [1.165, 1.54) is 12.1 Å². The van der Waals surface area contributed by atoms with Crippen molar-refractivity contribution >= 4 is 16.9 Å². The van der Waals surface area contributed by atoms with Crippen LogP contribution in [0.1, 0.15) is 33.3 Å². The van der Waals surface area contributed by atoms with E-state index in [4.69, 9.17) is 4.42 Å². The number of carbonyl (C=O) groups is 1. The third-order valence-corrected chi connectivity index (χ3v) is 4.05. The van der Waals surface area contributed by atoms with Crippen LogP contribution in [0.25, 0.3) is 11.0 Å². The Hall–Kier alpha value is -3.08. The molecular weight excluding hydrogens is 294 g/mol. The van der Waals surface area contributed by atoms with Crippen molar-refractivity contribution in [1.82, 2.24) is 5.32 Å². The van der Waals surface area contributed by atoms with Gasteiger partial charge in [0.25, 0.3) is 5.91 Å². The van der Waals surface area contributed by atoms with Crippen LogP contribution >= 0.6 is 0 Å². The van der Waals surface area contributed by atoms with Crippen molar-refractivity contribution in [3.05, 3.63) is 75.1 Å². The molecule has 0 fully saturated rings. The van der Waals surface area contributed by atoms with Crippen LogP contribution in [0.4, 0.5) is 0 Å². The first-order valence-electron chi connectivity index (χ1n) is 7.22. The van der Waals surface area contributed by atoms with E-state index in [0.29, 0.717) is 22.1 Å². The van der Waals surface area contributed by atoms with Crippen LogP contribution in [0, 0.1) is 6.92 Å². The Bertz CT molecular complexity index is 1020. The molecule has 2 N–H and O–H groups in total. The van der Waals surface area contributed by atoms with E-state index < -0.39 is 11.9 Å². The molecule has 2 aromatic carbocycles. The average molecular weight is 307 g/mol. The smallest absolute Gasteiger partial charge is 0.288 e. The molecule has 5 heteroatoms. The number of rotatable bonds is 1. The van der Waals surface area contributed by atoms with E-state index in [0.717, 1.165) is 5.56 Å². The minimum absolute atomic E-state index is 0.0414. The first-order chi connectivity index (χ1) is 11.0. The van der Waals surface area contributed by atoms with E-state index in [9.17, 15) is 14.7 Å². The maximum absolute atomic E-state index is 12.9. The van der Waals surface area contributed by atoms with Crippen molar-refractivity contribution in [3.63, 3.8) is 0 Å². The summed E-state index contributed by atoms with van der Waals surface area (Å²) in [5.41, 5.74) is 2.04. The quantitative estimate of drug-likeness (QED) is 0.724. The predicted molar refractivity (Wildman–Crippen MR) is 84.6 cm³/mol. The van der Waals surface area contributed by atoms with Crippen molar-refractivity contribution < 1.29 is 14.3 Å². The Labute approximate surface area is 131 Å². The maximum atomic E-state index is 12.9. The van der Waals surface area contributed by atoms with E-state index >= 15 is 0 Å². The molecule has 23 heavy (non-hydrogen) atoms. The van der Waals surface area contributed by atoms with Crippen LogP contribution in [-0.2, 0) is 0 Å². The first-order valence-corrected chi connectivity index (χ1v) is 7.22. The van der Waals surface area contributed by atoms with Gasteiger partial charge >= 0.3 is 0 Å². The van der Waals surface area contributed by atoms with Crippen molar-refractivity contribution in [2.45, 2.75) is 13.0 Å². The highest BCUT2D eigenvalue weighted by molar-refractivity contribution is 5.99. The van der Waals surface area contributed by atoms with Crippen LogP contribution in [0.3, 0.4) is 0 Å². The van der Waals surface area contributed by atoms with Gasteiger partial charge in [0, 0.05) is 0 Å². The molecule has 3 aromatic rings. The van der Waals surface area contributed by atoms with Gasteiger partial charge in [0.1, 0.15) is 11.3 Å². The molecule has 1 aromatic heterocycles. The highest BCUT2D eigenvalue weighted by Gasteiger charge is 2.35. The van der Waals surface area contributed by atoms with Gasteiger partial charge in [-0.2, -0.15) is 0 Å². The van der Waals surface area contributed by atoms with Crippen LogP contribution in [0.5, 0.6) is 5.75 Å². The Morgan fingerprint density at radius 2 is 1.96 bits per heavy atom. The Kier molecular flexibility index (Phi) is 2.78. The molecule has 1 unspecified atom stereocenters. The number of benzene rings is 2. The standard InChI is InChI=1S/C18H13NO4/c1-9-5-6-13-12(7-9)16(21)14-15(19-18(22)17(14)23-13)10-3-2-4-11(20)8-10/h2-8,15,20H,1H3,(H,19,22). The normalized spacial score (nSPS) is 16.4. The monoisotopic (exact) mass is 307 g/mol. The topological polar surface area (TPSA) is 79.5 Å².